The molecule has 0 bridgehead atoms. The van der Waals surface area contributed by atoms with Gasteiger partial charge in [-0.05, 0) is 33.3 Å². The lowest BCUT2D eigenvalue weighted by Crippen LogP contribution is -2.57. The first-order valence-corrected chi connectivity index (χ1v) is 10.6. The highest BCUT2D eigenvalue weighted by molar-refractivity contribution is 6.42. The van der Waals surface area contributed by atoms with Crippen LogP contribution in [0, 0.1) is 5.92 Å². The van der Waals surface area contributed by atoms with Crippen molar-refractivity contribution < 1.29 is 28.7 Å². The maximum Gasteiger partial charge on any atom is 0.355 e. The molecule has 10 heteroatoms. The van der Waals surface area contributed by atoms with Crippen molar-refractivity contribution in [1.29, 1.82) is 0 Å². The van der Waals surface area contributed by atoms with Gasteiger partial charge in [-0.15, -0.1) is 0 Å². The molecule has 0 unspecified atom stereocenters. The molecule has 2 heterocycles. The minimum absolute atomic E-state index is 0.0577. The third kappa shape index (κ3) is 4.50. The van der Waals surface area contributed by atoms with Crippen molar-refractivity contribution in [3.63, 3.8) is 0 Å². The average molecular weight is 444 g/mol. The molecule has 1 aromatic rings. The summed E-state index contributed by atoms with van der Waals surface area (Å²) >= 11 is 0. The molecule has 2 atom stereocenters. The molecule has 0 radical (unpaired) electrons. The zero-order chi connectivity index (χ0) is 23.5. The van der Waals surface area contributed by atoms with Crippen LogP contribution in [0.2, 0.25) is 0 Å². The molecule has 1 fully saturated rings. The Hall–Kier alpha value is -3.27. The summed E-state index contributed by atoms with van der Waals surface area (Å²) in [5, 5.41) is 6.63. The van der Waals surface area contributed by atoms with Gasteiger partial charge in [0.15, 0.2) is 5.71 Å². The number of hydrazine groups is 1. The minimum Gasteiger partial charge on any atom is -0.465 e. The van der Waals surface area contributed by atoms with E-state index in [-0.39, 0.29) is 25.3 Å². The molecule has 2 aliphatic rings. The molecule has 1 saturated heterocycles. The molecule has 2 aliphatic heterocycles. The second kappa shape index (κ2) is 9.47. The highest BCUT2D eigenvalue weighted by atomic mass is 16.5. The van der Waals surface area contributed by atoms with E-state index in [1.54, 1.807) is 18.9 Å². The van der Waals surface area contributed by atoms with E-state index >= 15 is 0 Å². The van der Waals surface area contributed by atoms with E-state index < -0.39 is 41.3 Å². The first-order chi connectivity index (χ1) is 15.2. The molecule has 172 valence electrons. The van der Waals surface area contributed by atoms with Gasteiger partial charge in [-0.2, -0.15) is 5.10 Å². The normalized spacial score (nSPS) is 22.3. The number of benzene rings is 1. The third-order valence-corrected chi connectivity index (χ3v) is 5.39. The lowest BCUT2D eigenvalue weighted by molar-refractivity contribution is -0.165. The summed E-state index contributed by atoms with van der Waals surface area (Å²) in [6.07, 6.45) is 0.119. The van der Waals surface area contributed by atoms with Crippen LogP contribution >= 0.6 is 0 Å². The largest absolute Gasteiger partial charge is 0.465 e. The maximum absolute atomic E-state index is 13.6. The summed E-state index contributed by atoms with van der Waals surface area (Å²) in [7, 11) is 0. The number of nitrogens with one attached hydrogen (secondary N) is 1. The number of amides is 2. The monoisotopic (exact) mass is 444 g/mol. The number of carbonyl (C=O) groups is 4. The standard InChI is InChI=1S/C22H28N4O6/c1-5-31-20(29)16-17(23-24-18(16)21(30)32-6-2)19(28)26-15(27)12-22(3,4)25(26)13-14-10-8-7-9-11-14/h7-11,16-17,23H,5-6,12-13H2,1-4H3/t16-,17-/m0/s1. The van der Waals surface area contributed by atoms with Crippen LogP contribution in [-0.2, 0) is 35.2 Å². The number of hydrogen-bond donors (Lipinski definition) is 1. The van der Waals surface area contributed by atoms with E-state index in [4.69, 9.17) is 9.47 Å². The Balaban J connectivity index is 1.91. The molecule has 0 spiro atoms. The second-order valence-corrected chi connectivity index (χ2v) is 8.13. The van der Waals surface area contributed by atoms with Gasteiger partial charge in [0, 0.05) is 18.5 Å². The summed E-state index contributed by atoms with van der Waals surface area (Å²) in [4.78, 5) is 51.4. The van der Waals surface area contributed by atoms with Gasteiger partial charge in [0.2, 0.25) is 5.91 Å². The molecular weight excluding hydrogens is 416 g/mol. The molecule has 0 saturated carbocycles. The number of rotatable bonds is 7. The molecular formula is C22H28N4O6. The lowest BCUT2D eigenvalue weighted by Gasteiger charge is -2.36. The SMILES string of the molecule is CCOC(=O)C1=NN[C@H](C(=O)N2C(=O)CC(C)(C)N2Cc2ccccc2)[C@@H]1C(=O)OCC. The smallest absolute Gasteiger partial charge is 0.355 e. The Labute approximate surface area is 186 Å². The van der Waals surface area contributed by atoms with Crippen LogP contribution < -0.4 is 5.43 Å². The molecule has 10 nitrogen and oxygen atoms in total. The van der Waals surface area contributed by atoms with Crippen molar-refractivity contribution in [3.8, 4) is 0 Å². The maximum atomic E-state index is 13.6. The number of esters is 2. The number of hydrogen-bond acceptors (Lipinski definition) is 9. The summed E-state index contributed by atoms with van der Waals surface area (Å²) in [5.74, 6) is -4.01. The van der Waals surface area contributed by atoms with Crippen molar-refractivity contribution in [2.24, 2.45) is 11.0 Å². The lowest BCUT2D eigenvalue weighted by atomic mass is 9.95. The predicted molar refractivity (Wildman–Crippen MR) is 114 cm³/mol. The van der Waals surface area contributed by atoms with Crippen LogP contribution in [0.1, 0.15) is 39.7 Å². The van der Waals surface area contributed by atoms with Crippen LogP contribution in [0.25, 0.3) is 0 Å². The highest BCUT2D eigenvalue weighted by Crippen LogP contribution is 2.33. The highest BCUT2D eigenvalue weighted by Gasteiger charge is 2.53. The Morgan fingerprint density at radius 3 is 2.41 bits per heavy atom. The van der Waals surface area contributed by atoms with Crippen LogP contribution in [0.15, 0.2) is 35.4 Å². The van der Waals surface area contributed by atoms with Crippen molar-refractivity contribution in [2.75, 3.05) is 13.2 Å². The Bertz CT molecular complexity index is 930. The fourth-order valence-corrected chi connectivity index (χ4v) is 3.85. The van der Waals surface area contributed by atoms with E-state index in [1.807, 2.05) is 44.2 Å². The summed E-state index contributed by atoms with van der Waals surface area (Å²) in [6.45, 7) is 7.42. The van der Waals surface area contributed by atoms with Crippen LogP contribution in [-0.4, -0.2) is 64.3 Å². The first-order valence-electron chi connectivity index (χ1n) is 10.6. The molecule has 2 amide bonds. The zero-order valence-corrected chi connectivity index (χ0v) is 18.7. The third-order valence-electron chi connectivity index (χ3n) is 5.39. The fourth-order valence-electron chi connectivity index (χ4n) is 3.85. The number of hydrazone groups is 1. The van der Waals surface area contributed by atoms with Crippen molar-refractivity contribution in [3.05, 3.63) is 35.9 Å². The fraction of sp³-hybridized carbons (Fsp3) is 0.500. The van der Waals surface area contributed by atoms with Crippen LogP contribution in [0.4, 0.5) is 0 Å². The van der Waals surface area contributed by atoms with E-state index in [1.165, 1.54) is 0 Å². The molecule has 3 rings (SSSR count). The topological polar surface area (TPSA) is 118 Å². The Morgan fingerprint density at radius 2 is 1.78 bits per heavy atom. The summed E-state index contributed by atoms with van der Waals surface area (Å²) in [5.41, 5.74) is 2.60. The molecule has 0 aliphatic carbocycles. The Morgan fingerprint density at radius 1 is 1.12 bits per heavy atom. The Kier molecular flexibility index (Phi) is 6.93. The van der Waals surface area contributed by atoms with Gasteiger partial charge in [-0.1, -0.05) is 30.3 Å². The minimum atomic E-state index is -1.32. The van der Waals surface area contributed by atoms with Crippen molar-refractivity contribution in [1.82, 2.24) is 15.4 Å². The average Bonchev–Trinajstić information content (AvgIpc) is 3.28. The molecule has 0 aromatic heterocycles. The quantitative estimate of drug-likeness (QED) is 0.489. The summed E-state index contributed by atoms with van der Waals surface area (Å²) < 4.78 is 10.1. The van der Waals surface area contributed by atoms with E-state index in [0.717, 1.165) is 10.6 Å². The van der Waals surface area contributed by atoms with Gasteiger partial charge in [0.05, 0.1) is 13.2 Å². The van der Waals surface area contributed by atoms with Gasteiger partial charge < -0.3 is 9.47 Å². The van der Waals surface area contributed by atoms with Gasteiger partial charge in [-0.25, -0.2) is 14.8 Å². The molecule has 32 heavy (non-hydrogen) atoms. The van der Waals surface area contributed by atoms with Crippen LogP contribution in [0.5, 0.6) is 0 Å². The van der Waals surface area contributed by atoms with Gasteiger partial charge >= 0.3 is 11.9 Å². The molecule has 1 N–H and O–H groups in total. The van der Waals surface area contributed by atoms with E-state index in [9.17, 15) is 19.2 Å². The van der Waals surface area contributed by atoms with Crippen LogP contribution in [0.3, 0.4) is 0 Å². The summed E-state index contributed by atoms with van der Waals surface area (Å²) in [6, 6.07) is 8.16. The van der Waals surface area contributed by atoms with Gasteiger partial charge in [0.1, 0.15) is 12.0 Å². The first kappa shape index (κ1) is 23.4. The molecule has 1 aromatic carbocycles. The van der Waals surface area contributed by atoms with E-state index in [2.05, 4.69) is 10.5 Å². The van der Waals surface area contributed by atoms with E-state index in [0.29, 0.717) is 6.54 Å². The van der Waals surface area contributed by atoms with Gasteiger partial charge in [-0.3, -0.25) is 19.8 Å². The van der Waals surface area contributed by atoms with Crippen molar-refractivity contribution in [2.45, 2.75) is 52.2 Å². The number of nitrogens with zero attached hydrogens (tertiary/aromatic N) is 3. The van der Waals surface area contributed by atoms with Gasteiger partial charge in [0.25, 0.3) is 5.91 Å². The second-order valence-electron chi connectivity index (χ2n) is 8.13. The van der Waals surface area contributed by atoms with Crippen molar-refractivity contribution >= 4 is 29.5 Å². The number of imide groups is 1. The zero-order valence-electron chi connectivity index (χ0n) is 18.7. The number of ether oxygens (including phenoxy) is 2. The number of carbonyl (C=O) groups excluding carboxylic acids is 4. The predicted octanol–water partition coefficient (Wildman–Crippen LogP) is 1.01.